The minimum Gasteiger partial charge on any atom is -0.497 e. The maximum Gasteiger partial charge on any atom is 0.120 e. The summed E-state index contributed by atoms with van der Waals surface area (Å²) in [4.78, 5) is 6.56. The number of ether oxygens (including phenoxy) is 1. The Balaban J connectivity index is 2.17. The summed E-state index contributed by atoms with van der Waals surface area (Å²) in [6.45, 7) is 0.854. The van der Waals surface area contributed by atoms with E-state index in [4.69, 9.17) is 22.7 Å². The van der Waals surface area contributed by atoms with Crippen LogP contribution >= 0.6 is 12.2 Å². The number of hydrogen-bond donors (Lipinski definition) is 1. The zero-order chi connectivity index (χ0) is 15.2. The van der Waals surface area contributed by atoms with E-state index in [2.05, 4.69) is 9.88 Å². The molecule has 0 aliphatic carbocycles. The highest BCUT2D eigenvalue weighted by molar-refractivity contribution is 7.80. The van der Waals surface area contributed by atoms with E-state index < -0.39 is 0 Å². The Bertz CT molecular complexity index is 616. The van der Waals surface area contributed by atoms with Gasteiger partial charge in [-0.3, -0.25) is 4.98 Å². The SMILES string of the molecule is COc1ccc(C(N)=S)c(N(C)CCc2ccncc2)c1. The van der Waals surface area contributed by atoms with E-state index in [1.165, 1.54) is 5.56 Å². The van der Waals surface area contributed by atoms with Crippen LogP contribution in [0.3, 0.4) is 0 Å². The molecule has 0 amide bonds. The molecule has 110 valence electrons. The largest absolute Gasteiger partial charge is 0.497 e. The number of rotatable bonds is 6. The van der Waals surface area contributed by atoms with Crippen LogP contribution < -0.4 is 15.4 Å². The number of anilines is 1. The molecule has 0 saturated carbocycles. The van der Waals surface area contributed by atoms with Crippen LogP contribution in [0.15, 0.2) is 42.7 Å². The fourth-order valence-corrected chi connectivity index (χ4v) is 2.30. The van der Waals surface area contributed by atoms with E-state index in [0.717, 1.165) is 30.0 Å². The first kappa shape index (κ1) is 15.3. The lowest BCUT2D eigenvalue weighted by molar-refractivity contribution is 0.415. The van der Waals surface area contributed by atoms with Gasteiger partial charge in [-0.25, -0.2) is 0 Å². The first-order valence-corrected chi connectivity index (χ1v) is 7.10. The molecule has 0 aliphatic heterocycles. The van der Waals surface area contributed by atoms with Crippen LogP contribution in [-0.4, -0.2) is 30.7 Å². The lowest BCUT2D eigenvalue weighted by Crippen LogP contribution is -2.24. The van der Waals surface area contributed by atoms with Crippen molar-refractivity contribution in [3.05, 3.63) is 53.9 Å². The molecule has 2 N–H and O–H groups in total. The van der Waals surface area contributed by atoms with E-state index in [9.17, 15) is 0 Å². The quantitative estimate of drug-likeness (QED) is 0.830. The molecule has 1 aromatic carbocycles. The van der Waals surface area contributed by atoms with Gasteiger partial charge in [-0.1, -0.05) is 12.2 Å². The zero-order valence-electron chi connectivity index (χ0n) is 12.2. The van der Waals surface area contributed by atoms with Gasteiger partial charge in [0.25, 0.3) is 0 Å². The Hall–Kier alpha value is -2.14. The van der Waals surface area contributed by atoms with Gasteiger partial charge in [0.15, 0.2) is 0 Å². The van der Waals surface area contributed by atoms with E-state index in [1.807, 2.05) is 37.4 Å². The molecule has 2 aromatic rings. The van der Waals surface area contributed by atoms with Gasteiger partial charge < -0.3 is 15.4 Å². The van der Waals surface area contributed by atoms with Gasteiger partial charge in [0.2, 0.25) is 0 Å². The number of nitrogens with two attached hydrogens (primary N) is 1. The first-order chi connectivity index (χ1) is 10.1. The summed E-state index contributed by atoms with van der Waals surface area (Å²) < 4.78 is 5.28. The summed E-state index contributed by atoms with van der Waals surface area (Å²) in [7, 11) is 3.67. The van der Waals surface area contributed by atoms with Crippen molar-refractivity contribution >= 4 is 22.9 Å². The molecule has 1 heterocycles. The lowest BCUT2D eigenvalue weighted by atomic mass is 10.1. The van der Waals surface area contributed by atoms with E-state index in [-0.39, 0.29) is 0 Å². The van der Waals surface area contributed by atoms with Crippen molar-refractivity contribution in [2.24, 2.45) is 5.73 Å². The van der Waals surface area contributed by atoms with Crippen LogP contribution in [0.1, 0.15) is 11.1 Å². The van der Waals surface area contributed by atoms with Gasteiger partial charge in [0, 0.05) is 37.6 Å². The monoisotopic (exact) mass is 301 g/mol. The van der Waals surface area contributed by atoms with Crippen molar-refractivity contribution in [1.82, 2.24) is 4.98 Å². The second-order valence-corrected chi connectivity index (χ2v) is 5.21. The van der Waals surface area contributed by atoms with Crippen molar-refractivity contribution in [1.29, 1.82) is 0 Å². The van der Waals surface area contributed by atoms with Gasteiger partial charge in [-0.05, 0) is 36.2 Å². The number of nitrogens with zero attached hydrogens (tertiary/aromatic N) is 2. The third-order valence-corrected chi connectivity index (χ3v) is 3.59. The number of hydrogen-bond acceptors (Lipinski definition) is 4. The molecule has 0 bridgehead atoms. The summed E-state index contributed by atoms with van der Waals surface area (Å²) in [5, 5.41) is 0. The Labute approximate surface area is 130 Å². The second kappa shape index (κ2) is 7.04. The molecule has 0 radical (unpaired) electrons. The van der Waals surface area contributed by atoms with Crippen molar-refractivity contribution in [2.75, 3.05) is 25.6 Å². The van der Waals surface area contributed by atoms with Gasteiger partial charge >= 0.3 is 0 Å². The minimum atomic E-state index is 0.392. The number of thiocarbonyl (C=S) groups is 1. The van der Waals surface area contributed by atoms with Gasteiger partial charge in [-0.2, -0.15) is 0 Å². The molecule has 0 aliphatic rings. The Morgan fingerprint density at radius 3 is 2.62 bits per heavy atom. The molecule has 0 saturated heterocycles. The molecular weight excluding hydrogens is 282 g/mol. The summed E-state index contributed by atoms with van der Waals surface area (Å²) in [5.74, 6) is 0.792. The fourth-order valence-electron chi connectivity index (χ4n) is 2.13. The molecular formula is C16H19N3OS. The number of aromatic nitrogens is 1. The van der Waals surface area contributed by atoms with Crippen LogP contribution in [0.2, 0.25) is 0 Å². The average Bonchev–Trinajstić information content (AvgIpc) is 2.52. The van der Waals surface area contributed by atoms with Crippen LogP contribution in [0, 0.1) is 0 Å². The van der Waals surface area contributed by atoms with Crippen LogP contribution in [0.25, 0.3) is 0 Å². The van der Waals surface area contributed by atoms with Crippen molar-refractivity contribution in [3.63, 3.8) is 0 Å². The summed E-state index contributed by atoms with van der Waals surface area (Å²) in [6.07, 6.45) is 4.54. The highest BCUT2D eigenvalue weighted by atomic mass is 32.1. The van der Waals surface area contributed by atoms with Crippen molar-refractivity contribution < 1.29 is 4.74 Å². The summed E-state index contributed by atoms with van der Waals surface area (Å²) in [5.41, 5.74) is 8.90. The molecule has 1 aromatic heterocycles. The molecule has 0 unspecified atom stereocenters. The van der Waals surface area contributed by atoms with Crippen LogP contribution in [-0.2, 0) is 6.42 Å². The van der Waals surface area contributed by atoms with Gasteiger partial charge in [-0.15, -0.1) is 0 Å². The maximum absolute atomic E-state index is 5.81. The van der Waals surface area contributed by atoms with Crippen molar-refractivity contribution in [2.45, 2.75) is 6.42 Å². The molecule has 2 rings (SSSR count). The number of methoxy groups -OCH3 is 1. The highest BCUT2D eigenvalue weighted by Crippen LogP contribution is 2.25. The molecule has 0 spiro atoms. The van der Waals surface area contributed by atoms with Crippen LogP contribution in [0.4, 0.5) is 5.69 Å². The lowest BCUT2D eigenvalue weighted by Gasteiger charge is -2.23. The number of likely N-dealkylation sites (N-methyl/N-ethyl adjacent to an activating group) is 1. The second-order valence-electron chi connectivity index (χ2n) is 4.77. The number of benzene rings is 1. The van der Waals surface area contributed by atoms with Gasteiger partial charge in [0.05, 0.1) is 12.8 Å². The topological polar surface area (TPSA) is 51.4 Å². The van der Waals surface area contributed by atoms with Crippen LogP contribution in [0.5, 0.6) is 5.75 Å². The normalized spacial score (nSPS) is 10.2. The fraction of sp³-hybridized carbons (Fsp3) is 0.250. The summed E-state index contributed by atoms with van der Waals surface area (Å²) >= 11 is 5.13. The Kier molecular flexibility index (Phi) is 5.11. The molecule has 0 fully saturated rings. The smallest absolute Gasteiger partial charge is 0.120 e. The minimum absolute atomic E-state index is 0.392. The third kappa shape index (κ3) is 3.92. The highest BCUT2D eigenvalue weighted by Gasteiger charge is 2.11. The molecule has 0 atom stereocenters. The third-order valence-electron chi connectivity index (χ3n) is 3.37. The predicted octanol–water partition coefficient (Wildman–Crippen LogP) is 2.40. The maximum atomic E-state index is 5.81. The van der Waals surface area contributed by atoms with Gasteiger partial charge in [0.1, 0.15) is 10.7 Å². The van der Waals surface area contributed by atoms with Crippen molar-refractivity contribution in [3.8, 4) is 5.75 Å². The Morgan fingerprint density at radius 2 is 2.00 bits per heavy atom. The standard InChI is InChI=1S/C16H19N3OS/c1-19(10-7-12-5-8-18-9-6-12)15-11-13(20-2)3-4-14(15)16(17)21/h3-6,8-9,11H,7,10H2,1-2H3,(H2,17,21). The first-order valence-electron chi connectivity index (χ1n) is 6.69. The zero-order valence-corrected chi connectivity index (χ0v) is 13.1. The van der Waals surface area contributed by atoms with E-state index in [0.29, 0.717) is 4.99 Å². The molecule has 4 nitrogen and oxygen atoms in total. The number of pyridine rings is 1. The predicted molar refractivity (Wildman–Crippen MR) is 90.1 cm³/mol. The molecule has 21 heavy (non-hydrogen) atoms. The Morgan fingerprint density at radius 1 is 1.29 bits per heavy atom. The van der Waals surface area contributed by atoms with E-state index in [1.54, 1.807) is 19.5 Å². The molecule has 5 heteroatoms. The average molecular weight is 301 g/mol. The summed E-state index contributed by atoms with van der Waals surface area (Å²) in [6, 6.07) is 9.77. The van der Waals surface area contributed by atoms with E-state index >= 15 is 0 Å².